The van der Waals surface area contributed by atoms with Crippen LogP contribution in [-0.2, 0) is 11.3 Å². The van der Waals surface area contributed by atoms with E-state index in [4.69, 9.17) is 5.11 Å². The number of fused-ring (bicyclic) bond motifs is 1. The molecule has 0 saturated heterocycles. The Bertz CT molecular complexity index is 821. The minimum absolute atomic E-state index is 0.0785. The van der Waals surface area contributed by atoms with Crippen LogP contribution in [0.1, 0.15) is 34.8 Å². The summed E-state index contributed by atoms with van der Waals surface area (Å²) in [6, 6.07) is 8.16. The number of carboxylic acid groups (broad SMARTS) is 1. The molecule has 5 heteroatoms. The van der Waals surface area contributed by atoms with Gasteiger partial charge in [0, 0.05) is 29.2 Å². The highest BCUT2D eigenvalue weighted by Gasteiger charge is 2.16. The van der Waals surface area contributed by atoms with Gasteiger partial charge in [0.2, 0.25) is 0 Å². The number of aromatic amines is 1. The van der Waals surface area contributed by atoms with E-state index in [9.17, 15) is 4.79 Å². The molecule has 0 radical (unpaired) electrons. The van der Waals surface area contributed by atoms with Crippen molar-refractivity contribution in [2.24, 2.45) is 0 Å². The van der Waals surface area contributed by atoms with E-state index in [1.807, 2.05) is 16.8 Å². The van der Waals surface area contributed by atoms with Gasteiger partial charge in [-0.2, -0.15) is 11.3 Å². The van der Waals surface area contributed by atoms with Gasteiger partial charge < -0.3 is 15.4 Å². The van der Waals surface area contributed by atoms with Crippen LogP contribution in [0.3, 0.4) is 0 Å². The third-order valence-corrected chi connectivity index (χ3v) is 4.96. The second-order valence-corrected chi connectivity index (χ2v) is 6.63. The van der Waals surface area contributed by atoms with Gasteiger partial charge in [-0.1, -0.05) is 6.07 Å². The molecule has 0 unspecified atom stereocenters. The molecule has 0 saturated carbocycles. The van der Waals surface area contributed by atoms with E-state index < -0.39 is 5.97 Å². The number of carboxylic acids is 1. The number of carbonyl (C=O) groups is 1. The first-order chi connectivity index (χ1) is 11.0. The van der Waals surface area contributed by atoms with Crippen LogP contribution in [0.5, 0.6) is 0 Å². The van der Waals surface area contributed by atoms with Crippen molar-refractivity contribution in [3.63, 3.8) is 0 Å². The second-order valence-electron chi connectivity index (χ2n) is 5.85. The molecule has 3 rings (SSSR count). The zero-order valence-electron chi connectivity index (χ0n) is 13.2. The largest absolute Gasteiger partial charge is 0.481 e. The van der Waals surface area contributed by atoms with Crippen molar-refractivity contribution in [1.82, 2.24) is 10.3 Å². The number of hydrogen-bond donors (Lipinski definition) is 3. The third kappa shape index (κ3) is 3.46. The molecule has 2 aromatic heterocycles. The Kier molecular flexibility index (Phi) is 4.50. The maximum absolute atomic E-state index is 11.1. The van der Waals surface area contributed by atoms with Crippen LogP contribution in [0.4, 0.5) is 0 Å². The molecule has 0 bridgehead atoms. The lowest BCUT2D eigenvalue weighted by atomic mass is 10.1. The first kappa shape index (κ1) is 15.8. The van der Waals surface area contributed by atoms with Gasteiger partial charge in [-0.15, -0.1) is 0 Å². The van der Waals surface area contributed by atoms with Crippen molar-refractivity contribution in [2.45, 2.75) is 32.9 Å². The van der Waals surface area contributed by atoms with E-state index in [0.717, 1.165) is 16.8 Å². The molecule has 23 heavy (non-hydrogen) atoms. The van der Waals surface area contributed by atoms with Gasteiger partial charge in [0.25, 0.3) is 0 Å². The fraction of sp³-hybridized carbons (Fsp3) is 0.278. The van der Waals surface area contributed by atoms with E-state index in [2.05, 4.69) is 42.3 Å². The molecule has 0 aliphatic rings. The monoisotopic (exact) mass is 328 g/mol. The van der Waals surface area contributed by atoms with Crippen LogP contribution in [0.2, 0.25) is 0 Å². The number of aromatic nitrogens is 1. The summed E-state index contributed by atoms with van der Waals surface area (Å²) < 4.78 is 0. The molecule has 0 spiro atoms. The molecule has 1 aromatic carbocycles. The summed E-state index contributed by atoms with van der Waals surface area (Å²) in [5.41, 5.74) is 5.78. The molecule has 0 amide bonds. The highest BCUT2D eigenvalue weighted by molar-refractivity contribution is 7.07. The SMILES string of the molecule is Cc1ccc2[nH]c(CN[C@H](CC(=O)O)c3ccsc3)cc2c1C. The summed E-state index contributed by atoms with van der Waals surface area (Å²) >= 11 is 1.58. The Balaban J connectivity index is 1.78. The van der Waals surface area contributed by atoms with E-state index in [1.165, 1.54) is 16.5 Å². The summed E-state index contributed by atoms with van der Waals surface area (Å²) in [4.78, 5) is 14.5. The third-order valence-electron chi connectivity index (χ3n) is 4.26. The Morgan fingerprint density at radius 2 is 2.17 bits per heavy atom. The smallest absolute Gasteiger partial charge is 0.305 e. The molecule has 1 atom stereocenters. The number of nitrogens with one attached hydrogen (secondary N) is 2. The van der Waals surface area contributed by atoms with Gasteiger partial charge in [0.1, 0.15) is 0 Å². The first-order valence-corrected chi connectivity index (χ1v) is 8.54. The summed E-state index contributed by atoms with van der Waals surface area (Å²) in [5, 5.41) is 17.7. The molecule has 3 N–H and O–H groups in total. The Labute approximate surface area is 139 Å². The Hall–Kier alpha value is -2.11. The summed E-state index contributed by atoms with van der Waals surface area (Å²) in [7, 11) is 0. The number of benzene rings is 1. The normalized spacial score (nSPS) is 12.6. The van der Waals surface area contributed by atoms with Gasteiger partial charge in [0.05, 0.1) is 6.42 Å². The van der Waals surface area contributed by atoms with Gasteiger partial charge in [-0.3, -0.25) is 4.79 Å². The van der Waals surface area contributed by atoms with Crippen molar-refractivity contribution in [2.75, 3.05) is 0 Å². The molecule has 0 aliphatic heterocycles. The van der Waals surface area contributed by atoms with Crippen molar-refractivity contribution in [3.05, 3.63) is 57.4 Å². The fourth-order valence-corrected chi connectivity index (χ4v) is 3.51. The van der Waals surface area contributed by atoms with Gasteiger partial charge in [-0.05, 0) is 59.5 Å². The Morgan fingerprint density at radius 1 is 1.35 bits per heavy atom. The first-order valence-electron chi connectivity index (χ1n) is 7.59. The van der Waals surface area contributed by atoms with Crippen molar-refractivity contribution in [3.8, 4) is 0 Å². The lowest BCUT2D eigenvalue weighted by Gasteiger charge is -2.15. The van der Waals surface area contributed by atoms with Crippen LogP contribution >= 0.6 is 11.3 Å². The predicted molar refractivity (Wildman–Crippen MR) is 93.9 cm³/mol. The molecule has 0 fully saturated rings. The molecular formula is C18H20N2O2S. The van der Waals surface area contributed by atoms with Crippen LogP contribution in [0, 0.1) is 13.8 Å². The van der Waals surface area contributed by atoms with E-state index in [0.29, 0.717) is 6.54 Å². The van der Waals surface area contributed by atoms with E-state index >= 15 is 0 Å². The number of thiophene rings is 1. The van der Waals surface area contributed by atoms with Crippen LogP contribution in [0.15, 0.2) is 35.0 Å². The maximum Gasteiger partial charge on any atom is 0.305 e. The topological polar surface area (TPSA) is 65.1 Å². The van der Waals surface area contributed by atoms with E-state index in [-0.39, 0.29) is 12.5 Å². The van der Waals surface area contributed by atoms with Crippen molar-refractivity contribution in [1.29, 1.82) is 0 Å². The highest BCUT2D eigenvalue weighted by Crippen LogP contribution is 2.24. The second kappa shape index (κ2) is 6.56. The lowest BCUT2D eigenvalue weighted by molar-refractivity contribution is -0.137. The van der Waals surface area contributed by atoms with Crippen LogP contribution in [0.25, 0.3) is 10.9 Å². The van der Waals surface area contributed by atoms with Crippen molar-refractivity contribution >= 4 is 28.2 Å². The minimum Gasteiger partial charge on any atom is -0.481 e. The molecule has 120 valence electrons. The average molecular weight is 328 g/mol. The van der Waals surface area contributed by atoms with Gasteiger partial charge in [-0.25, -0.2) is 0 Å². The Morgan fingerprint density at radius 3 is 2.87 bits per heavy atom. The predicted octanol–water partition coefficient (Wildman–Crippen LogP) is 4.15. The molecule has 4 nitrogen and oxygen atoms in total. The fourth-order valence-electron chi connectivity index (χ4n) is 2.80. The molecule has 3 aromatic rings. The zero-order valence-corrected chi connectivity index (χ0v) is 14.0. The van der Waals surface area contributed by atoms with Crippen LogP contribution in [-0.4, -0.2) is 16.1 Å². The molecule has 0 aliphatic carbocycles. The summed E-state index contributed by atoms with van der Waals surface area (Å²) in [6.07, 6.45) is 0.0785. The quantitative estimate of drug-likeness (QED) is 0.637. The standard InChI is InChI=1S/C18H20N2O2S/c1-11-3-4-16-15(12(11)2)7-14(20-16)9-19-17(8-18(21)22)13-5-6-23-10-13/h3-7,10,17,19-20H,8-9H2,1-2H3,(H,21,22)/t17-/m1/s1. The zero-order chi connectivity index (χ0) is 16.4. The summed E-state index contributed by atoms with van der Waals surface area (Å²) in [6.45, 7) is 4.85. The average Bonchev–Trinajstić information content (AvgIpc) is 3.16. The van der Waals surface area contributed by atoms with Crippen molar-refractivity contribution < 1.29 is 9.90 Å². The molecular weight excluding hydrogens is 308 g/mol. The number of rotatable bonds is 6. The minimum atomic E-state index is -0.795. The number of aryl methyl sites for hydroxylation is 2. The number of hydrogen-bond acceptors (Lipinski definition) is 3. The maximum atomic E-state index is 11.1. The number of aliphatic carboxylic acids is 1. The molecule has 2 heterocycles. The number of H-pyrrole nitrogens is 1. The van der Waals surface area contributed by atoms with E-state index in [1.54, 1.807) is 11.3 Å². The van der Waals surface area contributed by atoms with Crippen LogP contribution < -0.4 is 5.32 Å². The van der Waals surface area contributed by atoms with Gasteiger partial charge >= 0.3 is 5.97 Å². The lowest BCUT2D eigenvalue weighted by Crippen LogP contribution is -2.23. The summed E-state index contributed by atoms with van der Waals surface area (Å²) in [5.74, 6) is -0.795. The highest BCUT2D eigenvalue weighted by atomic mass is 32.1. The van der Waals surface area contributed by atoms with Gasteiger partial charge in [0.15, 0.2) is 0 Å².